The Kier molecular flexibility index (Phi) is 3.95. The van der Waals surface area contributed by atoms with Gasteiger partial charge >= 0.3 is 0 Å². The summed E-state index contributed by atoms with van der Waals surface area (Å²) in [6, 6.07) is 11.0. The Morgan fingerprint density at radius 1 is 1.29 bits per heavy atom. The molecule has 1 aliphatic heterocycles. The van der Waals surface area contributed by atoms with E-state index < -0.39 is 0 Å². The summed E-state index contributed by atoms with van der Waals surface area (Å²) >= 11 is 3.42. The first-order valence-corrected chi connectivity index (χ1v) is 8.28. The fraction of sp³-hybridized carbons (Fsp3) is 0.176. The summed E-state index contributed by atoms with van der Waals surface area (Å²) in [5.74, 6) is 0.423. The molecule has 3 heterocycles. The van der Waals surface area contributed by atoms with E-state index in [1.165, 1.54) is 0 Å². The fourth-order valence-electron chi connectivity index (χ4n) is 2.42. The van der Waals surface area contributed by atoms with E-state index in [-0.39, 0.29) is 12.0 Å². The largest absolute Gasteiger partial charge is 0.483 e. The molecule has 0 saturated carbocycles. The van der Waals surface area contributed by atoms with Crippen molar-refractivity contribution in [2.24, 2.45) is 0 Å². The van der Waals surface area contributed by atoms with Gasteiger partial charge in [-0.1, -0.05) is 12.1 Å². The van der Waals surface area contributed by atoms with E-state index in [0.29, 0.717) is 30.2 Å². The Bertz CT molecular complexity index is 905. The van der Waals surface area contributed by atoms with Crippen molar-refractivity contribution in [1.82, 2.24) is 9.61 Å². The lowest BCUT2D eigenvalue weighted by Crippen LogP contribution is -2.38. The minimum Gasteiger partial charge on any atom is -0.483 e. The minimum absolute atomic E-state index is 0.0424. The summed E-state index contributed by atoms with van der Waals surface area (Å²) in [4.78, 5) is 12.5. The van der Waals surface area contributed by atoms with Gasteiger partial charge in [-0.15, -0.1) is 0 Å². The monoisotopic (exact) mass is 387 g/mol. The number of amides is 1. The zero-order valence-corrected chi connectivity index (χ0v) is 14.2. The number of hydrogen-bond acceptors (Lipinski definition) is 4. The van der Waals surface area contributed by atoms with Gasteiger partial charge in [0.25, 0.3) is 5.91 Å². The highest BCUT2D eigenvalue weighted by atomic mass is 79.9. The van der Waals surface area contributed by atoms with Gasteiger partial charge in [-0.05, 0) is 40.2 Å². The van der Waals surface area contributed by atoms with Crippen LogP contribution >= 0.6 is 15.9 Å². The number of hydrogen-bond donors (Lipinski definition) is 1. The van der Waals surface area contributed by atoms with Gasteiger partial charge in [0.2, 0.25) is 0 Å². The molecule has 1 saturated heterocycles. The predicted molar refractivity (Wildman–Crippen MR) is 92.5 cm³/mol. The number of fused-ring (bicyclic) bond motifs is 1. The average Bonchev–Trinajstić information content (AvgIpc) is 2.93. The number of aromatic nitrogens is 2. The second-order valence-corrected chi connectivity index (χ2v) is 6.32. The van der Waals surface area contributed by atoms with Crippen molar-refractivity contribution in [2.75, 3.05) is 18.5 Å². The molecule has 1 aliphatic rings. The van der Waals surface area contributed by atoms with Crippen molar-refractivity contribution in [3.8, 4) is 5.75 Å². The number of pyridine rings is 1. The van der Waals surface area contributed by atoms with Crippen molar-refractivity contribution in [2.45, 2.75) is 6.10 Å². The Balaban J connectivity index is 1.56. The van der Waals surface area contributed by atoms with Crippen LogP contribution in [0.25, 0.3) is 5.52 Å². The molecular formula is C17H14BrN3O3. The highest BCUT2D eigenvalue weighted by Crippen LogP contribution is 2.27. The van der Waals surface area contributed by atoms with Crippen molar-refractivity contribution in [3.63, 3.8) is 0 Å². The molecule has 3 aromatic rings. The van der Waals surface area contributed by atoms with E-state index in [0.717, 1.165) is 9.99 Å². The predicted octanol–water partition coefficient (Wildman–Crippen LogP) is 3.13. The average molecular weight is 388 g/mol. The number of para-hydroxylation sites is 2. The highest BCUT2D eigenvalue weighted by Gasteiger charge is 2.21. The lowest BCUT2D eigenvalue weighted by Gasteiger charge is -2.27. The van der Waals surface area contributed by atoms with E-state index in [2.05, 4.69) is 26.3 Å². The molecule has 0 bridgehead atoms. The number of nitrogens with one attached hydrogen (secondary N) is 1. The molecule has 1 N–H and O–H groups in total. The summed E-state index contributed by atoms with van der Waals surface area (Å²) in [5.41, 5.74) is 2.05. The molecule has 0 unspecified atom stereocenters. The van der Waals surface area contributed by atoms with Gasteiger partial charge in [0.1, 0.15) is 11.9 Å². The Morgan fingerprint density at radius 3 is 2.92 bits per heavy atom. The van der Waals surface area contributed by atoms with Crippen LogP contribution in [0.5, 0.6) is 5.75 Å². The maximum absolute atomic E-state index is 12.5. The molecule has 6 nitrogen and oxygen atoms in total. The maximum atomic E-state index is 12.5. The molecule has 122 valence electrons. The lowest BCUT2D eigenvalue weighted by molar-refractivity contribution is -0.0794. The van der Waals surface area contributed by atoms with Crippen molar-refractivity contribution in [3.05, 3.63) is 58.8 Å². The quantitative estimate of drug-likeness (QED) is 0.746. The minimum atomic E-state index is -0.218. The lowest BCUT2D eigenvalue weighted by atomic mass is 10.2. The van der Waals surface area contributed by atoms with Crippen LogP contribution < -0.4 is 10.1 Å². The number of halogens is 1. The third-order valence-electron chi connectivity index (χ3n) is 3.77. The zero-order valence-electron chi connectivity index (χ0n) is 12.6. The van der Waals surface area contributed by atoms with Crippen LogP contribution in [0.3, 0.4) is 0 Å². The number of rotatable bonds is 4. The second-order valence-electron chi connectivity index (χ2n) is 5.47. The molecule has 1 aromatic carbocycles. The Labute approximate surface area is 146 Å². The smallest absolute Gasteiger partial charge is 0.257 e. The van der Waals surface area contributed by atoms with Crippen LogP contribution in [0, 0.1) is 0 Å². The SMILES string of the molecule is O=C(Nc1ccccc1OC1COC1)c1ccc2c(Br)cnn2c1. The van der Waals surface area contributed by atoms with E-state index >= 15 is 0 Å². The van der Waals surface area contributed by atoms with Gasteiger partial charge < -0.3 is 14.8 Å². The van der Waals surface area contributed by atoms with Crippen LogP contribution in [0.4, 0.5) is 5.69 Å². The van der Waals surface area contributed by atoms with Crippen LogP contribution in [-0.4, -0.2) is 34.8 Å². The number of anilines is 1. The molecule has 7 heteroatoms. The number of ether oxygens (including phenoxy) is 2. The van der Waals surface area contributed by atoms with Gasteiger partial charge in [0.05, 0.1) is 40.7 Å². The third-order valence-corrected chi connectivity index (χ3v) is 4.38. The first-order chi connectivity index (χ1) is 11.7. The van der Waals surface area contributed by atoms with Crippen molar-refractivity contribution < 1.29 is 14.3 Å². The summed E-state index contributed by atoms with van der Waals surface area (Å²) in [6.07, 6.45) is 3.43. The number of carbonyl (C=O) groups excluding carboxylic acids is 1. The second kappa shape index (κ2) is 6.26. The molecule has 0 spiro atoms. The first-order valence-electron chi connectivity index (χ1n) is 7.48. The molecule has 24 heavy (non-hydrogen) atoms. The standard InChI is InChI=1S/C17H14BrN3O3/c18-13-7-19-21-8-11(5-6-15(13)21)17(22)20-14-3-1-2-4-16(14)24-12-9-23-10-12/h1-8,12H,9-10H2,(H,20,22). The molecule has 4 rings (SSSR count). The Morgan fingerprint density at radius 2 is 2.12 bits per heavy atom. The number of carbonyl (C=O) groups is 1. The molecule has 0 atom stereocenters. The molecule has 1 fully saturated rings. The van der Waals surface area contributed by atoms with Crippen molar-refractivity contribution in [1.29, 1.82) is 0 Å². The number of nitrogens with zero attached hydrogens (tertiary/aromatic N) is 2. The molecule has 0 aliphatic carbocycles. The van der Waals surface area contributed by atoms with E-state index in [1.54, 1.807) is 23.0 Å². The van der Waals surface area contributed by atoms with Crippen LogP contribution in [0.2, 0.25) is 0 Å². The van der Waals surface area contributed by atoms with Gasteiger partial charge in [0.15, 0.2) is 0 Å². The normalized spacial score (nSPS) is 14.4. The fourth-order valence-corrected chi connectivity index (χ4v) is 2.82. The van der Waals surface area contributed by atoms with Crippen LogP contribution in [-0.2, 0) is 4.74 Å². The highest BCUT2D eigenvalue weighted by molar-refractivity contribution is 9.10. The third kappa shape index (κ3) is 2.88. The molecule has 0 radical (unpaired) electrons. The summed E-state index contributed by atoms with van der Waals surface area (Å²) in [5, 5.41) is 7.09. The summed E-state index contributed by atoms with van der Waals surface area (Å²) < 4.78 is 13.5. The van der Waals surface area contributed by atoms with Gasteiger partial charge in [-0.2, -0.15) is 5.10 Å². The Hall–Kier alpha value is -2.38. The maximum Gasteiger partial charge on any atom is 0.257 e. The van der Waals surface area contributed by atoms with Gasteiger partial charge in [0, 0.05) is 6.20 Å². The van der Waals surface area contributed by atoms with Crippen LogP contribution in [0.1, 0.15) is 10.4 Å². The van der Waals surface area contributed by atoms with Crippen molar-refractivity contribution >= 4 is 33.0 Å². The van der Waals surface area contributed by atoms with E-state index in [4.69, 9.17) is 9.47 Å². The van der Waals surface area contributed by atoms with Gasteiger partial charge in [-0.3, -0.25) is 4.79 Å². The summed E-state index contributed by atoms with van der Waals surface area (Å²) in [7, 11) is 0. The van der Waals surface area contributed by atoms with Crippen LogP contribution in [0.15, 0.2) is 53.3 Å². The number of benzene rings is 1. The molecular weight excluding hydrogens is 374 g/mol. The first kappa shape index (κ1) is 15.2. The van der Waals surface area contributed by atoms with E-state index in [9.17, 15) is 4.79 Å². The zero-order chi connectivity index (χ0) is 16.5. The summed E-state index contributed by atoms with van der Waals surface area (Å²) in [6.45, 7) is 1.15. The topological polar surface area (TPSA) is 64.9 Å². The molecule has 2 aromatic heterocycles. The van der Waals surface area contributed by atoms with Gasteiger partial charge in [-0.25, -0.2) is 4.52 Å². The molecule has 1 amide bonds. The van der Waals surface area contributed by atoms with E-state index in [1.807, 2.05) is 30.3 Å².